The summed E-state index contributed by atoms with van der Waals surface area (Å²) in [4.78, 5) is 2.76. The third-order valence-corrected chi connectivity index (χ3v) is 12.7. The van der Waals surface area contributed by atoms with E-state index in [1.54, 1.807) is 12.1 Å². The van der Waals surface area contributed by atoms with Crippen LogP contribution in [-0.2, 0) is 0 Å². The van der Waals surface area contributed by atoms with Crippen LogP contribution in [-0.4, -0.2) is 83.8 Å². The number of hydrogen-bond donors (Lipinski definition) is 0. The first-order valence-corrected chi connectivity index (χ1v) is 23.8. The van der Waals surface area contributed by atoms with Gasteiger partial charge in [-0.25, -0.2) is 8.78 Å². The van der Waals surface area contributed by atoms with Crippen molar-refractivity contribution in [3.63, 3.8) is 0 Å². The van der Waals surface area contributed by atoms with Crippen molar-refractivity contribution in [2.75, 3.05) is 9.80 Å². The second kappa shape index (κ2) is 22.6. The van der Waals surface area contributed by atoms with Crippen LogP contribution in [0.25, 0.3) is 11.1 Å². The molecule has 0 fully saturated rings. The number of halogens is 26. The molecular formula is C54H38F26N2O2. The molecule has 2 atom stereocenters. The Hall–Kier alpha value is -7.30. The molecule has 0 saturated heterocycles. The van der Waals surface area contributed by atoms with Gasteiger partial charge in [0.15, 0.2) is 12.3 Å². The normalized spacial score (nSPS) is 14.7. The molecular weight excluding hydrogens is 1200 g/mol. The molecule has 0 radical (unpaired) electrons. The highest BCUT2D eigenvalue weighted by Crippen LogP contribution is 2.63. The van der Waals surface area contributed by atoms with Gasteiger partial charge in [-0.1, -0.05) is 74.5 Å². The van der Waals surface area contributed by atoms with Gasteiger partial charge in [0.1, 0.15) is 11.5 Å². The van der Waals surface area contributed by atoms with E-state index in [-0.39, 0.29) is 22.7 Å². The molecule has 0 N–H and O–H groups in total. The largest absolute Gasteiger partial charge is 0.471 e. The van der Waals surface area contributed by atoms with Gasteiger partial charge in [0, 0.05) is 34.1 Å². The molecule has 0 amide bonds. The zero-order chi connectivity index (χ0) is 63.3. The van der Waals surface area contributed by atoms with E-state index < -0.39 is 108 Å². The van der Waals surface area contributed by atoms with Crippen molar-refractivity contribution in [2.45, 2.75) is 110 Å². The number of ether oxygens (including phenoxy) is 2. The molecule has 0 heterocycles. The fourth-order valence-corrected chi connectivity index (χ4v) is 7.88. The lowest BCUT2D eigenvalue weighted by molar-refractivity contribution is -0.449. The number of benzene rings is 6. The molecule has 0 aromatic heterocycles. The summed E-state index contributed by atoms with van der Waals surface area (Å²) in [5.74, 6) is -79.3. The van der Waals surface area contributed by atoms with E-state index in [4.69, 9.17) is 0 Å². The minimum atomic E-state index is -8.03. The molecule has 0 saturated carbocycles. The van der Waals surface area contributed by atoms with E-state index in [1.807, 2.05) is 0 Å². The van der Waals surface area contributed by atoms with Crippen LogP contribution in [0.3, 0.4) is 0 Å². The first-order valence-electron chi connectivity index (χ1n) is 23.8. The highest BCUT2D eigenvalue weighted by atomic mass is 19.4. The van der Waals surface area contributed by atoms with Gasteiger partial charge in [0.05, 0.1) is 0 Å². The smallest absolute Gasteiger partial charge is 0.428 e. The van der Waals surface area contributed by atoms with Crippen molar-refractivity contribution in [3.05, 3.63) is 158 Å². The van der Waals surface area contributed by atoms with E-state index in [2.05, 4.69) is 9.47 Å². The fourth-order valence-electron chi connectivity index (χ4n) is 7.88. The summed E-state index contributed by atoms with van der Waals surface area (Å²) in [6.45, 7) is 0.749. The van der Waals surface area contributed by atoms with E-state index >= 15 is 0 Å². The number of rotatable bonds is 25. The standard InChI is InChI=1S/C54H38F26N2O2/c1-3-41(55)43(57,58)45(61,62)47(65,66)49(69,70)51(73,74)53(77,78)83-39-27-23-37(24-28-39)81(33-11-7-5-8-12-33)35-19-15-31(16-20-35)32-17-21-36(22-18-32)82(34-13-9-6-10-14-34)38-25-29-40(30-26-38)84-54(79,80)52(75,76)50(71,72)48(67,68)46(63,64)44(59,60)42(56)4-2/h5-30,41-42H,3-4H2,1-2H3. The van der Waals surface area contributed by atoms with Crippen LogP contribution >= 0.6 is 0 Å². The van der Waals surface area contributed by atoms with Gasteiger partial charge in [-0.2, -0.15) is 105 Å². The minimum Gasteiger partial charge on any atom is -0.428 e. The summed E-state index contributed by atoms with van der Waals surface area (Å²) in [7, 11) is 0. The number of alkyl halides is 26. The summed E-state index contributed by atoms with van der Waals surface area (Å²) in [5, 5.41) is 0. The van der Waals surface area contributed by atoms with E-state index in [9.17, 15) is 114 Å². The van der Waals surface area contributed by atoms with E-state index in [1.165, 1.54) is 107 Å². The third kappa shape index (κ3) is 10.9. The molecule has 0 aliphatic rings. The first kappa shape index (κ1) is 65.8. The molecule has 30 heteroatoms. The van der Waals surface area contributed by atoms with Gasteiger partial charge >= 0.3 is 71.4 Å². The fraction of sp³-hybridized carbons (Fsp3) is 0.333. The quantitative estimate of drug-likeness (QED) is 0.0534. The average molecular weight is 1240 g/mol. The molecule has 6 aromatic carbocycles. The predicted octanol–water partition coefficient (Wildman–Crippen LogP) is 20.1. The number of anilines is 6. The van der Waals surface area contributed by atoms with Gasteiger partial charge in [-0.05, 0) is 121 Å². The molecule has 4 nitrogen and oxygen atoms in total. The minimum absolute atomic E-state index is 0.0386. The third-order valence-electron chi connectivity index (χ3n) is 12.7. The molecule has 84 heavy (non-hydrogen) atoms. The Morgan fingerprint density at radius 2 is 0.500 bits per heavy atom. The predicted molar refractivity (Wildman–Crippen MR) is 252 cm³/mol. The van der Waals surface area contributed by atoms with Gasteiger partial charge in [0.25, 0.3) is 0 Å². The highest BCUT2D eigenvalue weighted by molar-refractivity contribution is 5.81. The number of para-hydroxylation sites is 2. The Kier molecular flexibility index (Phi) is 17.7. The second-order valence-corrected chi connectivity index (χ2v) is 18.3. The summed E-state index contributed by atoms with van der Waals surface area (Å²) in [6.07, 6.45) is -25.8. The lowest BCUT2D eigenvalue weighted by Crippen LogP contribution is -2.72. The van der Waals surface area contributed by atoms with E-state index in [0.29, 0.717) is 60.6 Å². The molecule has 0 spiro atoms. The summed E-state index contributed by atoms with van der Waals surface area (Å²) >= 11 is 0. The molecule has 2 unspecified atom stereocenters. The molecule has 0 aliphatic carbocycles. The zero-order valence-corrected chi connectivity index (χ0v) is 42.1. The molecule has 458 valence electrons. The first-order chi connectivity index (χ1) is 38.5. The summed E-state index contributed by atoms with van der Waals surface area (Å²) < 4.78 is 380. The van der Waals surface area contributed by atoms with Crippen LogP contribution in [0, 0.1) is 0 Å². The maximum Gasteiger partial charge on any atom is 0.471 e. The van der Waals surface area contributed by atoms with Gasteiger partial charge < -0.3 is 19.3 Å². The lowest BCUT2D eigenvalue weighted by Gasteiger charge is -2.41. The van der Waals surface area contributed by atoms with Crippen molar-refractivity contribution in [1.29, 1.82) is 0 Å². The topological polar surface area (TPSA) is 24.9 Å². The van der Waals surface area contributed by atoms with Crippen LogP contribution in [0.5, 0.6) is 11.5 Å². The maximum atomic E-state index is 14.8. The van der Waals surface area contributed by atoms with E-state index in [0.717, 1.165) is 24.3 Å². The lowest BCUT2D eigenvalue weighted by atomic mass is 9.91. The Morgan fingerprint density at radius 3 is 0.738 bits per heavy atom. The highest BCUT2D eigenvalue weighted by Gasteiger charge is 2.93. The van der Waals surface area contributed by atoms with Crippen molar-refractivity contribution < 1.29 is 124 Å². The second-order valence-electron chi connectivity index (χ2n) is 18.3. The summed E-state index contributed by atoms with van der Waals surface area (Å²) in [6, 6.07) is 32.3. The molecule has 6 aromatic rings. The summed E-state index contributed by atoms with van der Waals surface area (Å²) in [5.41, 5.74) is 1.89. The molecule has 0 aliphatic heterocycles. The average Bonchev–Trinajstić information content (AvgIpc) is 0.830. The number of hydrogen-bond acceptors (Lipinski definition) is 4. The zero-order valence-electron chi connectivity index (χ0n) is 42.1. The monoisotopic (exact) mass is 1240 g/mol. The van der Waals surface area contributed by atoms with Gasteiger partial charge in [-0.15, -0.1) is 0 Å². The van der Waals surface area contributed by atoms with Crippen LogP contribution < -0.4 is 19.3 Å². The van der Waals surface area contributed by atoms with Crippen molar-refractivity contribution >= 4 is 34.1 Å². The molecule has 6 rings (SSSR count). The maximum absolute atomic E-state index is 14.8. The molecule has 0 bridgehead atoms. The van der Waals surface area contributed by atoms with Crippen LogP contribution in [0.2, 0.25) is 0 Å². The van der Waals surface area contributed by atoms with Crippen LogP contribution in [0.15, 0.2) is 158 Å². The Balaban J connectivity index is 1.24. The Labute approximate surface area is 457 Å². The SMILES string of the molecule is CCC(F)C(F)(F)C(F)(F)C(F)(F)C(F)(F)C(F)(F)C(F)(F)Oc1ccc(N(c2ccccc2)c2ccc(-c3ccc(N(c4ccccc4)c4ccc(OC(F)(F)C(F)(F)C(F)(F)C(F)(F)C(F)(F)C(F)(F)C(F)CC)cc4)cc3)cc2)cc1. The van der Waals surface area contributed by atoms with Gasteiger partial charge in [-0.3, -0.25) is 0 Å². The van der Waals surface area contributed by atoms with Crippen molar-refractivity contribution in [3.8, 4) is 22.6 Å². The van der Waals surface area contributed by atoms with Gasteiger partial charge in [0.2, 0.25) is 0 Å². The van der Waals surface area contributed by atoms with Crippen LogP contribution in [0.1, 0.15) is 26.7 Å². The Morgan fingerprint density at radius 1 is 0.286 bits per heavy atom. The Bertz CT molecular complexity index is 2930. The number of nitrogens with zero attached hydrogens (tertiary/aromatic N) is 2. The van der Waals surface area contributed by atoms with Crippen LogP contribution in [0.4, 0.5) is 148 Å². The van der Waals surface area contributed by atoms with Crippen molar-refractivity contribution in [2.24, 2.45) is 0 Å². The van der Waals surface area contributed by atoms with Crippen molar-refractivity contribution in [1.82, 2.24) is 0 Å².